The third-order valence-corrected chi connectivity index (χ3v) is 2.48. The average Bonchev–Trinajstić information content (AvgIpc) is 2.21. The van der Waals surface area contributed by atoms with Crippen LogP contribution in [0.3, 0.4) is 0 Å². The molecule has 14 heavy (non-hydrogen) atoms. The first-order valence-corrected chi connectivity index (χ1v) is 4.63. The molecule has 0 spiro atoms. The molecular formula is C11H17NO2. The molecule has 0 saturated heterocycles. The van der Waals surface area contributed by atoms with Gasteiger partial charge in [0.1, 0.15) is 5.75 Å². The largest absolute Gasteiger partial charge is 0.508 e. The average molecular weight is 195 g/mol. The molecule has 1 atom stereocenters. The maximum absolute atomic E-state index is 9.57. The Morgan fingerprint density at radius 2 is 2.07 bits per heavy atom. The predicted molar refractivity (Wildman–Crippen MR) is 56.3 cm³/mol. The number of rotatable bonds is 4. The minimum absolute atomic E-state index is 0.296. The van der Waals surface area contributed by atoms with E-state index in [1.807, 2.05) is 19.1 Å². The van der Waals surface area contributed by atoms with Crippen LogP contribution in [-0.4, -0.2) is 24.4 Å². The molecule has 0 saturated carbocycles. The maximum atomic E-state index is 9.57. The molecule has 0 aliphatic heterocycles. The molecule has 78 valence electrons. The molecule has 1 aromatic carbocycles. The highest BCUT2D eigenvalue weighted by molar-refractivity contribution is 5.32. The Morgan fingerprint density at radius 3 is 2.57 bits per heavy atom. The van der Waals surface area contributed by atoms with Crippen LogP contribution in [0, 0.1) is 0 Å². The fraction of sp³-hybridized carbons (Fsp3) is 0.455. The topological polar surface area (TPSA) is 55.5 Å². The highest BCUT2D eigenvalue weighted by Crippen LogP contribution is 2.22. The first-order chi connectivity index (χ1) is 6.61. The van der Waals surface area contributed by atoms with Gasteiger partial charge in [-0.2, -0.15) is 0 Å². The van der Waals surface area contributed by atoms with Crippen molar-refractivity contribution < 1.29 is 9.84 Å². The first kappa shape index (κ1) is 11.0. The molecule has 3 N–H and O–H groups in total. The molecule has 3 heteroatoms. The van der Waals surface area contributed by atoms with E-state index in [0.717, 1.165) is 5.56 Å². The van der Waals surface area contributed by atoms with Crippen molar-refractivity contribution in [3.05, 3.63) is 29.8 Å². The molecule has 3 nitrogen and oxygen atoms in total. The van der Waals surface area contributed by atoms with Crippen LogP contribution in [0.1, 0.15) is 12.5 Å². The van der Waals surface area contributed by atoms with Crippen molar-refractivity contribution in [2.75, 3.05) is 13.7 Å². The number of methoxy groups -OCH3 is 1. The lowest BCUT2D eigenvalue weighted by atomic mass is 9.96. The number of hydrogen-bond donors (Lipinski definition) is 2. The lowest BCUT2D eigenvalue weighted by Crippen LogP contribution is -2.38. The summed E-state index contributed by atoms with van der Waals surface area (Å²) in [7, 11) is 1.63. The number of ether oxygens (including phenoxy) is 1. The molecule has 0 bridgehead atoms. The summed E-state index contributed by atoms with van der Waals surface area (Å²) < 4.78 is 5.31. The van der Waals surface area contributed by atoms with E-state index in [2.05, 4.69) is 0 Å². The van der Waals surface area contributed by atoms with E-state index in [0.29, 0.717) is 18.7 Å². The normalized spacial score (nSPS) is 15.1. The fourth-order valence-corrected chi connectivity index (χ4v) is 1.29. The van der Waals surface area contributed by atoms with Crippen LogP contribution in [0.5, 0.6) is 5.75 Å². The highest BCUT2D eigenvalue weighted by atomic mass is 16.5. The van der Waals surface area contributed by atoms with E-state index in [4.69, 9.17) is 10.5 Å². The van der Waals surface area contributed by atoms with Crippen LogP contribution in [0.15, 0.2) is 24.3 Å². The second-order valence-electron chi connectivity index (χ2n) is 3.66. The van der Waals surface area contributed by atoms with Gasteiger partial charge < -0.3 is 15.6 Å². The Balaban J connectivity index is 2.82. The van der Waals surface area contributed by atoms with Crippen LogP contribution in [0.4, 0.5) is 0 Å². The Kier molecular flexibility index (Phi) is 3.49. The number of para-hydroxylation sites is 1. The Labute approximate surface area is 84.5 Å². The van der Waals surface area contributed by atoms with Crippen molar-refractivity contribution in [1.29, 1.82) is 0 Å². The zero-order valence-corrected chi connectivity index (χ0v) is 8.66. The third-order valence-electron chi connectivity index (χ3n) is 2.48. The molecular weight excluding hydrogens is 178 g/mol. The van der Waals surface area contributed by atoms with Crippen LogP contribution in [0.2, 0.25) is 0 Å². The molecule has 0 aromatic heterocycles. The van der Waals surface area contributed by atoms with Crippen molar-refractivity contribution in [1.82, 2.24) is 0 Å². The van der Waals surface area contributed by atoms with Crippen molar-refractivity contribution in [3.8, 4) is 5.75 Å². The minimum Gasteiger partial charge on any atom is -0.508 e. The van der Waals surface area contributed by atoms with Crippen molar-refractivity contribution >= 4 is 0 Å². The number of phenols is 1. The number of nitrogens with two attached hydrogens (primary N) is 1. The third kappa shape index (κ3) is 2.47. The van der Waals surface area contributed by atoms with E-state index < -0.39 is 5.60 Å². The number of aromatic hydroxyl groups is 1. The molecule has 1 rings (SSSR count). The van der Waals surface area contributed by atoms with Gasteiger partial charge in [-0.3, -0.25) is 0 Å². The summed E-state index contributed by atoms with van der Waals surface area (Å²) in [5.41, 5.74) is 6.07. The second kappa shape index (κ2) is 4.44. The smallest absolute Gasteiger partial charge is 0.118 e. The van der Waals surface area contributed by atoms with Crippen molar-refractivity contribution in [2.24, 2.45) is 5.73 Å². The zero-order valence-electron chi connectivity index (χ0n) is 8.66. The molecule has 0 amide bonds. The van der Waals surface area contributed by atoms with Gasteiger partial charge in [0.05, 0.1) is 5.60 Å². The monoisotopic (exact) mass is 195 g/mol. The molecule has 0 heterocycles. The fourth-order valence-electron chi connectivity index (χ4n) is 1.29. The molecule has 0 fully saturated rings. The predicted octanol–water partition coefficient (Wildman–Crippen LogP) is 1.30. The number of phenolic OH excluding ortho intramolecular Hbond substituents is 1. The van der Waals surface area contributed by atoms with E-state index >= 15 is 0 Å². The summed E-state index contributed by atoms with van der Waals surface area (Å²) in [6, 6.07) is 7.23. The van der Waals surface area contributed by atoms with E-state index in [1.165, 1.54) is 0 Å². The van der Waals surface area contributed by atoms with E-state index in [1.54, 1.807) is 19.2 Å². The Bertz CT molecular complexity index is 295. The van der Waals surface area contributed by atoms with Crippen molar-refractivity contribution in [2.45, 2.75) is 18.9 Å². The van der Waals surface area contributed by atoms with Gasteiger partial charge in [0, 0.05) is 20.1 Å². The standard InChI is InChI=1S/C11H17NO2/c1-11(8-12,14-2)7-9-5-3-4-6-10(9)13/h3-6,13H,7-8,12H2,1-2H3. The molecule has 0 radical (unpaired) electrons. The summed E-state index contributed by atoms with van der Waals surface area (Å²) in [4.78, 5) is 0. The minimum atomic E-state index is -0.404. The van der Waals surface area contributed by atoms with Gasteiger partial charge in [-0.1, -0.05) is 18.2 Å². The number of benzene rings is 1. The quantitative estimate of drug-likeness (QED) is 0.761. The lowest BCUT2D eigenvalue weighted by molar-refractivity contribution is 0.0139. The van der Waals surface area contributed by atoms with Crippen LogP contribution in [-0.2, 0) is 11.2 Å². The first-order valence-electron chi connectivity index (χ1n) is 4.63. The van der Waals surface area contributed by atoms with Crippen LogP contribution < -0.4 is 5.73 Å². The maximum Gasteiger partial charge on any atom is 0.118 e. The molecule has 0 aliphatic carbocycles. The van der Waals surface area contributed by atoms with Gasteiger partial charge in [0.15, 0.2) is 0 Å². The zero-order chi connectivity index (χ0) is 10.6. The van der Waals surface area contributed by atoms with Gasteiger partial charge in [0.25, 0.3) is 0 Å². The van der Waals surface area contributed by atoms with E-state index in [-0.39, 0.29) is 0 Å². The summed E-state index contributed by atoms with van der Waals surface area (Å²) in [6.45, 7) is 2.36. The SMILES string of the molecule is COC(C)(CN)Cc1ccccc1O. The van der Waals surface area contributed by atoms with Gasteiger partial charge in [0.2, 0.25) is 0 Å². The van der Waals surface area contributed by atoms with Gasteiger partial charge in [-0.25, -0.2) is 0 Å². The Hall–Kier alpha value is -1.06. The summed E-state index contributed by atoms with van der Waals surface area (Å²) in [6.07, 6.45) is 0.618. The van der Waals surface area contributed by atoms with Crippen molar-refractivity contribution in [3.63, 3.8) is 0 Å². The lowest BCUT2D eigenvalue weighted by Gasteiger charge is -2.26. The summed E-state index contributed by atoms with van der Waals surface area (Å²) in [5, 5.41) is 9.57. The van der Waals surface area contributed by atoms with Gasteiger partial charge in [-0.15, -0.1) is 0 Å². The molecule has 1 unspecified atom stereocenters. The van der Waals surface area contributed by atoms with Gasteiger partial charge in [-0.05, 0) is 18.6 Å². The van der Waals surface area contributed by atoms with Crippen LogP contribution in [0.25, 0.3) is 0 Å². The highest BCUT2D eigenvalue weighted by Gasteiger charge is 2.23. The Morgan fingerprint density at radius 1 is 1.43 bits per heavy atom. The number of hydrogen-bond acceptors (Lipinski definition) is 3. The second-order valence-corrected chi connectivity index (χ2v) is 3.66. The summed E-state index contributed by atoms with van der Waals surface area (Å²) in [5.74, 6) is 0.296. The molecule has 0 aliphatic rings. The summed E-state index contributed by atoms with van der Waals surface area (Å²) >= 11 is 0. The molecule has 1 aromatic rings. The van der Waals surface area contributed by atoms with Crippen LogP contribution >= 0.6 is 0 Å². The van der Waals surface area contributed by atoms with E-state index in [9.17, 15) is 5.11 Å². The van der Waals surface area contributed by atoms with Gasteiger partial charge >= 0.3 is 0 Å².